The number of benzene rings is 1. The van der Waals surface area contributed by atoms with Crippen molar-refractivity contribution < 1.29 is 19.0 Å². The fourth-order valence-electron chi connectivity index (χ4n) is 4.21. The van der Waals surface area contributed by atoms with Gasteiger partial charge in [0.15, 0.2) is 0 Å². The van der Waals surface area contributed by atoms with Crippen molar-refractivity contribution in [1.29, 1.82) is 0 Å². The van der Waals surface area contributed by atoms with Gasteiger partial charge in [-0.15, -0.1) is 0 Å². The van der Waals surface area contributed by atoms with Gasteiger partial charge in [-0.1, -0.05) is 6.07 Å². The lowest BCUT2D eigenvalue weighted by molar-refractivity contribution is 0.102. The fraction of sp³-hybridized carbons (Fsp3) is 0.393. The smallest absolute Gasteiger partial charge is 0.255 e. The van der Waals surface area contributed by atoms with Crippen LogP contribution in [0.3, 0.4) is 0 Å². The number of carbonyl (C=O) groups is 1. The number of nitrogens with one attached hydrogen (secondary N) is 3. The Balaban J connectivity index is 1.59. The van der Waals surface area contributed by atoms with Crippen LogP contribution in [0.25, 0.3) is 11.1 Å². The van der Waals surface area contributed by atoms with Crippen molar-refractivity contribution in [1.82, 2.24) is 15.3 Å². The number of hydrogen-bond acceptors (Lipinski definition) is 7. The summed E-state index contributed by atoms with van der Waals surface area (Å²) in [7, 11) is 0. The van der Waals surface area contributed by atoms with Gasteiger partial charge in [0.1, 0.15) is 18.1 Å². The number of halogens is 1. The minimum absolute atomic E-state index is 0.0229. The average molecular weight is 508 g/mol. The molecule has 8 nitrogen and oxygen atoms in total. The van der Waals surface area contributed by atoms with Gasteiger partial charge in [-0.05, 0) is 87.2 Å². The molecule has 1 atom stereocenters. The van der Waals surface area contributed by atoms with Crippen molar-refractivity contribution in [2.75, 3.05) is 36.9 Å². The number of carbonyl (C=O) groups excluding carboxylic acids is 1. The summed E-state index contributed by atoms with van der Waals surface area (Å²) in [6, 6.07) is 12.7. The van der Waals surface area contributed by atoms with Gasteiger partial charge in [-0.2, -0.15) is 4.98 Å². The van der Waals surface area contributed by atoms with E-state index in [9.17, 15) is 14.3 Å². The second-order valence-electron chi connectivity index (χ2n) is 9.72. The molecule has 196 valence electrons. The molecule has 0 radical (unpaired) electrons. The number of hydrogen-bond donors (Lipinski definition) is 4. The van der Waals surface area contributed by atoms with Crippen LogP contribution in [0.2, 0.25) is 0 Å². The maximum atomic E-state index is 14.3. The lowest BCUT2D eigenvalue weighted by Gasteiger charge is -2.16. The number of aliphatic hydroxyl groups is 1. The van der Waals surface area contributed by atoms with E-state index in [-0.39, 0.29) is 18.2 Å². The number of aryl methyl sites for hydroxylation is 1. The van der Waals surface area contributed by atoms with Crippen LogP contribution in [0.1, 0.15) is 48.3 Å². The summed E-state index contributed by atoms with van der Waals surface area (Å²) in [6.45, 7) is 6.66. The van der Waals surface area contributed by atoms with E-state index < -0.39 is 5.67 Å². The van der Waals surface area contributed by atoms with E-state index in [0.717, 1.165) is 36.1 Å². The number of aromatic nitrogens is 2. The molecule has 1 aliphatic heterocycles. The van der Waals surface area contributed by atoms with Crippen LogP contribution in [0.4, 0.5) is 15.9 Å². The van der Waals surface area contributed by atoms with Crippen LogP contribution >= 0.6 is 0 Å². The third kappa shape index (κ3) is 7.02. The van der Waals surface area contributed by atoms with E-state index >= 15 is 0 Å². The summed E-state index contributed by atoms with van der Waals surface area (Å²) in [5, 5.41) is 18.7. The third-order valence-corrected chi connectivity index (χ3v) is 6.25. The number of pyridine rings is 2. The predicted molar refractivity (Wildman–Crippen MR) is 143 cm³/mol. The highest BCUT2D eigenvalue weighted by Gasteiger charge is 2.22. The Bertz CT molecular complexity index is 1240. The first-order valence-corrected chi connectivity index (χ1v) is 12.5. The number of anilines is 2. The van der Waals surface area contributed by atoms with Crippen LogP contribution in [-0.4, -0.2) is 53.3 Å². The summed E-state index contributed by atoms with van der Waals surface area (Å²) in [6.07, 6.45) is 3.64. The standard InChI is InChI=1S/C28H34FN5O3/c1-18-6-7-21(33-27(36)19-8-10-31-24(13-19)28(2,3)29)16-23(18)20-14-25(32-11-12-35)34-26(15-20)37-17-22-5-4-9-30-22/h6-8,10,13-16,22,30,35H,4-5,9,11-12,17H2,1-3H3,(H,32,34)(H,33,36)/t22-/m0/s1. The molecule has 1 fully saturated rings. The second-order valence-corrected chi connectivity index (χ2v) is 9.72. The highest BCUT2D eigenvalue weighted by atomic mass is 19.1. The topological polar surface area (TPSA) is 108 Å². The first-order valence-electron chi connectivity index (χ1n) is 12.5. The first-order chi connectivity index (χ1) is 17.7. The minimum atomic E-state index is -1.65. The molecule has 2 aromatic heterocycles. The van der Waals surface area contributed by atoms with Crippen molar-refractivity contribution in [3.05, 3.63) is 65.5 Å². The van der Waals surface area contributed by atoms with Crippen LogP contribution in [0.15, 0.2) is 48.7 Å². The molecule has 4 rings (SSSR count). The summed E-state index contributed by atoms with van der Waals surface area (Å²) >= 11 is 0. The van der Waals surface area contributed by atoms with Crippen molar-refractivity contribution in [2.45, 2.75) is 45.3 Å². The van der Waals surface area contributed by atoms with E-state index in [2.05, 4.69) is 25.9 Å². The largest absolute Gasteiger partial charge is 0.476 e. The van der Waals surface area contributed by atoms with E-state index in [0.29, 0.717) is 42.1 Å². The van der Waals surface area contributed by atoms with Gasteiger partial charge < -0.3 is 25.8 Å². The van der Waals surface area contributed by atoms with Crippen LogP contribution in [-0.2, 0) is 5.67 Å². The fourth-order valence-corrected chi connectivity index (χ4v) is 4.21. The number of rotatable bonds is 10. The molecule has 3 aromatic rings. The zero-order valence-corrected chi connectivity index (χ0v) is 21.5. The Labute approximate surface area is 216 Å². The zero-order valence-electron chi connectivity index (χ0n) is 21.5. The molecular formula is C28H34FN5O3. The molecule has 3 heterocycles. The lowest BCUT2D eigenvalue weighted by Crippen LogP contribution is -2.28. The zero-order chi connectivity index (χ0) is 26.4. The summed E-state index contributed by atoms with van der Waals surface area (Å²) < 4.78 is 20.4. The van der Waals surface area contributed by atoms with Gasteiger partial charge in [-0.25, -0.2) is 4.39 Å². The van der Waals surface area contributed by atoms with Crippen molar-refractivity contribution in [3.8, 4) is 17.0 Å². The molecule has 1 amide bonds. The number of aliphatic hydroxyl groups excluding tert-OH is 1. The molecule has 37 heavy (non-hydrogen) atoms. The monoisotopic (exact) mass is 507 g/mol. The minimum Gasteiger partial charge on any atom is -0.476 e. The van der Waals surface area contributed by atoms with Crippen LogP contribution in [0.5, 0.6) is 5.88 Å². The Morgan fingerprint density at radius 2 is 2.08 bits per heavy atom. The average Bonchev–Trinajstić information content (AvgIpc) is 3.40. The first kappa shape index (κ1) is 26.5. The Hall–Kier alpha value is -3.56. The van der Waals surface area contributed by atoms with Gasteiger partial charge in [-0.3, -0.25) is 9.78 Å². The number of nitrogens with zero attached hydrogens (tertiary/aromatic N) is 2. The molecule has 0 unspecified atom stereocenters. The molecule has 0 saturated carbocycles. The van der Waals surface area contributed by atoms with Crippen molar-refractivity contribution >= 4 is 17.4 Å². The van der Waals surface area contributed by atoms with Crippen molar-refractivity contribution in [2.24, 2.45) is 0 Å². The number of alkyl halides is 1. The van der Waals surface area contributed by atoms with E-state index in [1.165, 1.54) is 26.1 Å². The van der Waals surface area contributed by atoms with E-state index in [1.807, 2.05) is 37.3 Å². The molecule has 0 aliphatic carbocycles. The SMILES string of the molecule is Cc1ccc(NC(=O)c2ccnc(C(C)(C)F)c2)cc1-c1cc(NCCO)nc(OC[C@@H]2CCCN2)c1. The lowest BCUT2D eigenvalue weighted by atomic mass is 10.00. The van der Waals surface area contributed by atoms with Crippen LogP contribution < -0.4 is 20.7 Å². The second kappa shape index (κ2) is 11.7. The molecule has 0 bridgehead atoms. The Morgan fingerprint density at radius 1 is 1.24 bits per heavy atom. The molecule has 1 saturated heterocycles. The number of amides is 1. The van der Waals surface area contributed by atoms with E-state index in [1.54, 1.807) is 6.07 Å². The predicted octanol–water partition coefficient (Wildman–Crippen LogP) is 4.44. The Kier molecular flexibility index (Phi) is 8.35. The van der Waals surface area contributed by atoms with Crippen molar-refractivity contribution in [3.63, 3.8) is 0 Å². The molecule has 1 aliphatic rings. The summed E-state index contributed by atoms with van der Waals surface area (Å²) in [4.78, 5) is 21.5. The maximum absolute atomic E-state index is 14.3. The van der Waals surface area contributed by atoms with Gasteiger partial charge in [0, 0.05) is 36.1 Å². The quantitative estimate of drug-likeness (QED) is 0.321. The third-order valence-electron chi connectivity index (χ3n) is 6.25. The van der Waals surface area contributed by atoms with Crippen LogP contribution in [0, 0.1) is 6.92 Å². The highest BCUT2D eigenvalue weighted by Crippen LogP contribution is 2.31. The van der Waals surface area contributed by atoms with Gasteiger partial charge in [0.05, 0.1) is 12.3 Å². The van der Waals surface area contributed by atoms with Gasteiger partial charge in [0.25, 0.3) is 5.91 Å². The summed E-state index contributed by atoms with van der Waals surface area (Å²) in [5.74, 6) is 0.724. The highest BCUT2D eigenvalue weighted by molar-refractivity contribution is 6.04. The molecule has 1 aromatic carbocycles. The number of ether oxygens (including phenoxy) is 1. The molecule has 4 N–H and O–H groups in total. The van der Waals surface area contributed by atoms with Gasteiger partial charge in [0.2, 0.25) is 5.88 Å². The molecular weight excluding hydrogens is 473 g/mol. The maximum Gasteiger partial charge on any atom is 0.255 e. The van der Waals surface area contributed by atoms with Gasteiger partial charge >= 0.3 is 0 Å². The van der Waals surface area contributed by atoms with E-state index in [4.69, 9.17) is 4.74 Å². The molecule has 9 heteroatoms. The Morgan fingerprint density at radius 3 is 2.81 bits per heavy atom. The molecule has 0 spiro atoms. The summed E-state index contributed by atoms with van der Waals surface area (Å²) in [5.41, 5.74) is 2.25. The normalized spacial score (nSPS) is 15.4.